The first kappa shape index (κ1) is 15.9. The van der Waals surface area contributed by atoms with Crippen LogP contribution >= 0.6 is 23.4 Å². The van der Waals surface area contributed by atoms with Gasteiger partial charge < -0.3 is 4.57 Å². The lowest BCUT2D eigenvalue weighted by Crippen LogP contribution is -2.31. The number of aromatic nitrogens is 4. The van der Waals surface area contributed by atoms with Gasteiger partial charge in [0.15, 0.2) is 16.3 Å². The van der Waals surface area contributed by atoms with Crippen LogP contribution in [0, 0.1) is 0 Å². The Bertz CT molecular complexity index is 972. The van der Waals surface area contributed by atoms with E-state index >= 15 is 0 Å². The van der Waals surface area contributed by atoms with Crippen molar-refractivity contribution in [1.82, 2.24) is 19.1 Å². The summed E-state index contributed by atoms with van der Waals surface area (Å²) in [6, 6.07) is 7.22. The highest BCUT2D eigenvalue weighted by Gasteiger charge is 2.16. The molecule has 0 amide bonds. The maximum Gasteiger partial charge on any atom is 0.330 e. The number of aromatic amines is 1. The molecule has 0 atom stereocenters. The molecule has 23 heavy (non-hydrogen) atoms. The molecule has 0 saturated heterocycles. The summed E-state index contributed by atoms with van der Waals surface area (Å²) in [5.74, 6) is 0.830. The second kappa shape index (κ2) is 6.25. The Morgan fingerprint density at radius 1 is 1.26 bits per heavy atom. The van der Waals surface area contributed by atoms with Crippen LogP contribution in [-0.4, -0.2) is 24.9 Å². The van der Waals surface area contributed by atoms with Gasteiger partial charge in [0.2, 0.25) is 0 Å². The molecule has 0 aliphatic heterocycles. The number of imidazole rings is 1. The van der Waals surface area contributed by atoms with Crippen LogP contribution in [-0.2, 0) is 13.6 Å². The van der Waals surface area contributed by atoms with E-state index < -0.39 is 11.2 Å². The fourth-order valence-electron chi connectivity index (χ4n) is 2.40. The standard InChI is InChI=1S/C15H15ClN4O2S/c1-3-23-15-17-12-11(19(15)2)13(21)18-14(22)20(12)8-9-4-6-10(16)7-5-9/h4-7H,3,8H2,1-2H3,(H,18,21,22). The fourth-order valence-corrected chi connectivity index (χ4v) is 3.22. The average Bonchev–Trinajstić information content (AvgIpc) is 2.83. The van der Waals surface area contributed by atoms with Gasteiger partial charge in [-0.1, -0.05) is 42.4 Å². The molecule has 1 N–H and O–H groups in total. The Hall–Kier alpha value is -1.99. The highest BCUT2D eigenvalue weighted by Crippen LogP contribution is 2.20. The predicted molar refractivity (Wildman–Crippen MR) is 92.5 cm³/mol. The van der Waals surface area contributed by atoms with E-state index in [4.69, 9.17) is 11.6 Å². The second-order valence-corrected chi connectivity index (χ2v) is 6.70. The quantitative estimate of drug-likeness (QED) is 0.732. The van der Waals surface area contributed by atoms with Crippen molar-refractivity contribution in [3.63, 3.8) is 0 Å². The molecule has 0 aliphatic carbocycles. The monoisotopic (exact) mass is 350 g/mol. The number of rotatable bonds is 4. The first-order valence-corrected chi connectivity index (χ1v) is 8.44. The molecule has 0 spiro atoms. The minimum atomic E-state index is -0.469. The van der Waals surface area contributed by atoms with Crippen molar-refractivity contribution in [2.75, 3.05) is 5.75 Å². The predicted octanol–water partition coefficient (Wildman–Crippen LogP) is 2.24. The van der Waals surface area contributed by atoms with Gasteiger partial charge in [-0.2, -0.15) is 0 Å². The Morgan fingerprint density at radius 2 is 1.96 bits per heavy atom. The van der Waals surface area contributed by atoms with E-state index in [-0.39, 0.29) is 0 Å². The van der Waals surface area contributed by atoms with Crippen LogP contribution in [0.4, 0.5) is 0 Å². The molecule has 6 nitrogen and oxygen atoms in total. The number of H-pyrrole nitrogens is 1. The smallest absolute Gasteiger partial charge is 0.316 e. The van der Waals surface area contributed by atoms with Gasteiger partial charge >= 0.3 is 5.69 Å². The third kappa shape index (κ3) is 2.94. The lowest BCUT2D eigenvalue weighted by Gasteiger charge is -2.06. The van der Waals surface area contributed by atoms with Gasteiger partial charge in [-0.15, -0.1) is 0 Å². The van der Waals surface area contributed by atoms with Crippen molar-refractivity contribution < 1.29 is 0 Å². The van der Waals surface area contributed by atoms with Crippen molar-refractivity contribution in [1.29, 1.82) is 0 Å². The molecule has 2 heterocycles. The number of hydrogen-bond donors (Lipinski definition) is 1. The van der Waals surface area contributed by atoms with E-state index in [0.717, 1.165) is 11.3 Å². The molecule has 0 unspecified atom stereocenters. The number of halogens is 1. The van der Waals surface area contributed by atoms with Crippen molar-refractivity contribution in [2.45, 2.75) is 18.6 Å². The van der Waals surface area contributed by atoms with Gasteiger partial charge in [0.05, 0.1) is 6.54 Å². The highest BCUT2D eigenvalue weighted by molar-refractivity contribution is 7.99. The minimum Gasteiger partial charge on any atom is -0.316 e. The first-order valence-electron chi connectivity index (χ1n) is 7.08. The largest absolute Gasteiger partial charge is 0.330 e. The van der Waals surface area contributed by atoms with E-state index in [1.165, 1.54) is 16.3 Å². The van der Waals surface area contributed by atoms with Crippen LogP contribution in [0.2, 0.25) is 5.02 Å². The normalized spacial score (nSPS) is 11.3. The molecule has 0 radical (unpaired) electrons. The molecule has 0 fully saturated rings. The van der Waals surface area contributed by atoms with E-state index in [2.05, 4.69) is 9.97 Å². The van der Waals surface area contributed by atoms with Crippen molar-refractivity contribution in [2.24, 2.45) is 7.05 Å². The highest BCUT2D eigenvalue weighted by atomic mass is 35.5. The zero-order valence-corrected chi connectivity index (χ0v) is 14.2. The third-order valence-electron chi connectivity index (χ3n) is 3.50. The third-order valence-corrected chi connectivity index (χ3v) is 4.66. The number of benzene rings is 1. The van der Waals surface area contributed by atoms with Crippen LogP contribution in [0.3, 0.4) is 0 Å². The van der Waals surface area contributed by atoms with Crippen LogP contribution < -0.4 is 11.2 Å². The molecule has 2 aromatic heterocycles. The zero-order chi connectivity index (χ0) is 16.6. The average molecular weight is 351 g/mol. The summed E-state index contributed by atoms with van der Waals surface area (Å²) >= 11 is 7.41. The number of nitrogens with zero attached hydrogens (tertiary/aromatic N) is 3. The van der Waals surface area contributed by atoms with Crippen molar-refractivity contribution >= 4 is 34.5 Å². The Morgan fingerprint density at radius 3 is 2.61 bits per heavy atom. The summed E-state index contributed by atoms with van der Waals surface area (Å²) in [5, 5.41) is 1.34. The Kier molecular flexibility index (Phi) is 4.32. The molecule has 120 valence electrons. The van der Waals surface area contributed by atoms with Gasteiger partial charge in [-0.25, -0.2) is 9.78 Å². The molecule has 3 aromatic rings. The SMILES string of the molecule is CCSc1nc2c(c(=O)[nH]c(=O)n2Cc2ccc(Cl)cc2)n1C. The van der Waals surface area contributed by atoms with Crippen LogP contribution in [0.25, 0.3) is 11.2 Å². The summed E-state index contributed by atoms with van der Waals surface area (Å²) in [7, 11) is 1.78. The molecule has 1 aromatic carbocycles. The number of hydrogen-bond acceptors (Lipinski definition) is 4. The number of fused-ring (bicyclic) bond motifs is 1. The minimum absolute atomic E-state index is 0.316. The summed E-state index contributed by atoms with van der Waals surface area (Å²) in [4.78, 5) is 31.2. The summed E-state index contributed by atoms with van der Waals surface area (Å²) in [6.07, 6.45) is 0. The Labute approximate surface area is 141 Å². The van der Waals surface area contributed by atoms with Crippen LogP contribution in [0.15, 0.2) is 39.0 Å². The molecule has 0 saturated carbocycles. The first-order chi connectivity index (χ1) is 11.0. The van der Waals surface area contributed by atoms with E-state index in [0.29, 0.717) is 27.9 Å². The van der Waals surface area contributed by atoms with E-state index in [9.17, 15) is 9.59 Å². The van der Waals surface area contributed by atoms with Gasteiger partial charge in [0, 0.05) is 12.1 Å². The maximum absolute atomic E-state index is 12.2. The van der Waals surface area contributed by atoms with Crippen molar-refractivity contribution in [3.8, 4) is 0 Å². The molecular weight excluding hydrogens is 336 g/mol. The summed E-state index contributed by atoms with van der Waals surface area (Å²) < 4.78 is 3.19. The Balaban J connectivity index is 2.19. The number of thioether (sulfide) groups is 1. The van der Waals surface area contributed by atoms with E-state index in [1.54, 1.807) is 23.7 Å². The second-order valence-electron chi connectivity index (χ2n) is 5.03. The topological polar surface area (TPSA) is 72.7 Å². The maximum atomic E-state index is 12.2. The van der Waals surface area contributed by atoms with Gasteiger partial charge in [0.1, 0.15) is 0 Å². The van der Waals surface area contributed by atoms with Gasteiger partial charge in [-0.3, -0.25) is 14.3 Å². The van der Waals surface area contributed by atoms with Gasteiger partial charge in [0.25, 0.3) is 5.56 Å². The van der Waals surface area contributed by atoms with Gasteiger partial charge in [-0.05, 0) is 23.4 Å². The molecule has 0 bridgehead atoms. The van der Waals surface area contributed by atoms with Crippen molar-refractivity contribution in [3.05, 3.63) is 55.7 Å². The molecule has 3 rings (SSSR count). The summed E-state index contributed by atoms with van der Waals surface area (Å²) in [5.41, 5.74) is 0.806. The van der Waals surface area contributed by atoms with E-state index in [1.807, 2.05) is 19.1 Å². The van der Waals surface area contributed by atoms with Crippen LogP contribution in [0.1, 0.15) is 12.5 Å². The molecular formula is C15H15ClN4O2S. The lowest BCUT2D eigenvalue weighted by molar-refractivity contribution is 0.746. The number of aryl methyl sites for hydroxylation is 1. The molecule has 8 heteroatoms. The number of nitrogens with one attached hydrogen (secondary N) is 1. The fraction of sp³-hybridized carbons (Fsp3) is 0.267. The zero-order valence-electron chi connectivity index (χ0n) is 12.7. The molecule has 0 aliphatic rings. The van der Waals surface area contributed by atoms with Crippen LogP contribution in [0.5, 0.6) is 0 Å². The lowest BCUT2D eigenvalue weighted by atomic mass is 10.2. The summed E-state index contributed by atoms with van der Waals surface area (Å²) in [6.45, 7) is 2.32.